The Morgan fingerprint density at radius 3 is 3.11 bits per heavy atom. The lowest BCUT2D eigenvalue weighted by molar-refractivity contribution is 0.120. The number of benzene rings is 1. The lowest BCUT2D eigenvalue weighted by Crippen LogP contribution is -2.39. The van der Waals surface area contributed by atoms with Crippen molar-refractivity contribution in [3.05, 3.63) is 29.3 Å². The number of aromatic nitrogens is 1. The molecule has 3 rings (SSSR count). The Morgan fingerprint density at radius 1 is 1.47 bits per heavy atom. The van der Waals surface area contributed by atoms with Gasteiger partial charge >= 0.3 is 6.09 Å². The van der Waals surface area contributed by atoms with Crippen LogP contribution in [0.25, 0.3) is 10.2 Å². The summed E-state index contributed by atoms with van der Waals surface area (Å²) >= 11 is 1.72. The number of hydrogen-bond acceptors (Lipinski definition) is 3. The van der Waals surface area contributed by atoms with Crippen LogP contribution in [0.15, 0.2) is 24.3 Å². The highest BCUT2D eigenvalue weighted by Gasteiger charge is 2.24. The van der Waals surface area contributed by atoms with E-state index in [1.165, 1.54) is 9.60 Å². The van der Waals surface area contributed by atoms with Gasteiger partial charge in [0.1, 0.15) is 0 Å². The molecule has 1 saturated heterocycles. The van der Waals surface area contributed by atoms with Crippen molar-refractivity contribution in [2.45, 2.75) is 19.3 Å². The monoisotopic (exact) mass is 276 g/mol. The first kappa shape index (κ1) is 12.4. The summed E-state index contributed by atoms with van der Waals surface area (Å²) in [6, 6.07) is 8.14. The van der Waals surface area contributed by atoms with E-state index in [1.54, 1.807) is 11.3 Å². The first-order valence-corrected chi connectivity index (χ1v) is 7.36. The van der Waals surface area contributed by atoms with E-state index in [2.05, 4.69) is 11.1 Å². The van der Waals surface area contributed by atoms with Crippen molar-refractivity contribution in [2.75, 3.05) is 13.1 Å². The normalized spacial score (nSPS) is 19.8. The summed E-state index contributed by atoms with van der Waals surface area (Å²) in [5.74, 6) is 0.408. The smallest absolute Gasteiger partial charge is 0.407 e. The van der Waals surface area contributed by atoms with Crippen LogP contribution in [0.4, 0.5) is 4.79 Å². The van der Waals surface area contributed by atoms with Crippen molar-refractivity contribution in [3.8, 4) is 0 Å². The van der Waals surface area contributed by atoms with E-state index in [4.69, 9.17) is 5.11 Å². The molecule has 1 unspecified atom stereocenters. The van der Waals surface area contributed by atoms with Gasteiger partial charge in [0.05, 0.1) is 15.2 Å². The van der Waals surface area contributed by atoms with Crippen LogP contribution in [0.1, 0.15) is 17.8 Å². The molecule has 1 fully saturated rings. The van der Waals surface area contributed by atoms with Gasteiger partial charge in [0, 0.05) is 19.5 Å². The van der Waals surface area contributed by atoms with E-state index in [-0.39, 0.29) is 0 Å². The number of amides is 1. The number of para-hydroxylation sites is 1. The van der Waals surface area contributed by atoms with Crippen molar-refractivity contribution in [1.82, 2.24) is 9.88 Å². The lowest BCUT2D eigenvalue weighted by Gasteiger charge is -2.30. The maximum atomic E-state index is 11.0. The van der Waals surface area contributed by atoms with Crippen molar-refractivity contribution < 1.29 is 9.90 Å². The average molecular weight is 276 g/mol. The van der Waals surface area contributed by atoms with Gasteiger partial charge in [-0.05, 0) is 30.9 Å². The fourth-order valence-corrected chi connectivity index (χ4v) is 3.74. The SMILES string of the molecule is O=C(O)N1CCCC(Cc2nc3ccccc3s2)C1. The molecule has 1 amide bonds. The summed E-state index contributed by atoms with van der Waals surface area (Å²) in [5.41, 5.74) is 1.05. The molecule has 4 nitrogen and oxygen atoms in total. The molecule has 1 aromatic heterocycles. The number of nitrogens with zero attached hydrogens (tertiary/aromatic N) is 2. The molecule has 0 spiro atoms. The molecule has 1 N–H and O–H groups in total. The number of rotatable bonds is 2. The molecule has 2 heterocycles. The first-order valence-electron chi connectivity index (χ1n) is 6.54. The van der Waals surface area contributed by atoms with Crippen LogP contribution in [0, 0.1) is 5.92 Å². The lowest BCUT2D eigenvalue weighted by atomic mass is 9.95. The molecule has 2 aromatic rings. The number of piperidine rings is 1. The van der Waals surface area contributed by atoms with Crippen LogP contribution in [-0.2, 0) is 6.42 Å². The molecular formula is C14H16N2O2S. The van der Waals surface area contributed by atoms with Gasteiger partial charge in [0.15, 0.2) is 0 Å². The summed E-state index contributed by atoms with van der Waals surface area (Å²) in [7, 11) is 0. The van der Waals surface area contributed by atoms with Gasteiger partial charge in [-0.3, -0.25) is 0 Å². The van der Waals surface area contributed by atoms with Gasteiger partial charge in [-0.15, -0.1) is 11.3 Å². The summed E-state index contributed by atoms with van der Waals surface area (Å²) in [5, 5.41) is 10.2. The van der Waals surface area contributed by atoms with Gasteiger partial charge in [-0.2, -0.15) is 0 Å². The van der Waals surface area contributed by atoms with Crippen LogP contribution >= 0.6 is 11.3 Å². The Bertz CT molecular complexity index is 563. The van der Waals surface area contributed by atoms with Crippen LogP contribution in [0.2, 0.25) is 0 Å². The number of fused-ring (bicyclic) bond motifs is 1. The predicted molar refractivity (Wildman–Crippen MR) is 75.6 cm³/mol. The zero-order valence-corrected chi connectivity index (χ0v) is 11.4. The summed E-state index contributed by atoms with van der Waals surface area (Å²) < 4.78 is 1.21. The Morgan fingerprint density at radius 2 is 2.32 bits per heavy atom. The third-order valence-corrected chi connectivity index (χ3v) is 4.65. The maximum absolute atomic E-state index is 11.0. The van der Waals surface area contributed by atoms with E-state index < -0.39 is 6.09 Å². The van der Waals surface area contributed by atoms with E-state index in [0.717, 1.165) is 29.8 Å². The van der Waals surface area contributed by atoms with Crippen molar-refractivity contribution in [1.29, 1.82) is 0 Å². The van der Waals surface area contributed by atoms with Gasteiger partial charge in [-0.1, -0.05) is 12.1 Å². The predicted octanol–water partition coefficient (Wildman–Crippen LogP) is 3.23. The molecule has 19 heavy (non-hydrogen) atoms. The van der Waals surface area contributed by atoms with Gasteiger partial charge < -0.3 is 10.0 Å². The summed E-state index contributed by atoms with van der Waals surface area (Å²) in [6.07, 6.45) is 2.15. The van der Waals surface area contributed by atoms with Crippen LogP contribution in [0.3, 0.4) is 0 Å². The van der Waals surface area contributed by atoms with E-state index in [9.17, 15) is 4.79 Å². The zero-order chi connectivity index (χ0) is 13.2. The fourth-order valence-electron chi connectivity index (χ4n) is 2.66. The molecule has 0 bridgehead atoms. The Balaban J connectivity index is 1.72. The minimum absolute atomic E-state index is 0.408. The summed E-state index contributed by atoms with van der Waals surface area (Å²) in [4.78, 5) is 17.2. The van der Waals surface area contributed by atoms with Crippen LogP contribution in [0.5, 0.6) is 0 Å². The molecule has 0 saturated carbocycles. The van der Waals surface area contributed by atoms with E-state index in [1.807, 2.05) is 18.2 Å². The number of likely N-dealkylation sites (tertiary alicyclic amines) is 1. The second-order valence-corrected chi connectivity index (χ2v) is 6.13. The van der Waals surface area contributed by atoms with Crippen LogP contribution < -0.4 is 0 Å². The fraction of sp³-hybridized carbons (Fsp3) is 0.429. The number of hydrogen-bond donors (Lipinski definition) is 1. The third-order valence-electron chi connectivity index (χ3n) is 3.59. The Kier molecular flexibility index (Phi) is 3.38. The molecule has 5 heteroatoms. The molecule has 0 aliphatic carbocycles. The molecule has 1 aliphatic heterocycles. The summed E-state index contributed by atoms with van der Waals surface area (Å²) in [6.45, 7) is 1.32. The molecule has 0 radical (unpaired) electrons. The highest BCUT2D eigenvalue weighted by atomic mass is 32.1. The van der Waals surface area contributed by atoms with Crippen molar-refractivity contribution >= 4 is 27.6 Å². The second kappa shape index (κ2) is 5.17. The molecule has 100 valence electrons. The zero-order valence-electron chi connectivity index (χ0n) is 10.6. The van der Waals surface area contributed by atoms with E-state index in [0.29, 0.717) is 19.0 Å². The quantitative estimate of drug-likeness (QED) is 0.916. The number of carbonyl (C=O) groups is 1. The van der Waals surface area contributed by atoms with Gasteiger partial charge in [0.2, 0.25) is 0 Å². The topological polar surface area (TPSA) is 53.4 Å². The number of thiazole rings is 1. The Labute approximate surface area is 115 Å². The van der Waals surface area contributed by atoms with Gasteiger partial charge in [0.25, 0.3) is 0 Å². The number of carboxylic acid groups (broad SMARTS) is 1. The maximum Gasteiger partial charge on any atom is 0.407 e. The molecule has 1 aliphatic rings. The highest BCUT2D eigenvalue weighted by Crippen LogP contribution is 2.26. The second-order valence-electron chi connectivity index (χ2n) is 5.02. The van der Waals surface area contributed by atoms with Gasteiger partial charge in [-0.25, -0.2) is 9.78 Å². The van der Waals surface area contributed by atoms with Crippen molar-refractivity contribution in [2.24, 2.45) is 5.92 Å². The Hall–Kier alpha value is -1.62. The third kappa shape index (κ3) is 2.71. The standard InChI is InChI=1S/C14H16N2O2S/c17-14(18)16-7-3-4-10(9-16)8-13-15-11-5-1-2-6-12(11)19-13/h1-2,5-6,10H,3-4,7-9H2,(H,17,18). The first-order chi connectivity index (χ1) is 9.22. The minimum Gasteiger partial charge on any atom is -0.465 e. The minimum atomic E-state index is -0.797. The molecular weight excluding hydrogens is 260 g/mol. The average Bonchev–Trinajstić information content (AvgIpc) is 2.81. The van der Waals surface area contributed by atoms with Crippen LogP contribution in [-0.4, -0.2) is 34.2 Å². The molecule has 1 atom stereocenters. The largest absolute Gasteiger partial charge is 0.465 e. The van der Waals surface area contributed by atoms with Crippen molar-refractivity contribution in [3.63, 3.8) is 0 Å². The molecule has 1 aromatic carbocycles. The highest BCUT2D eigenvalue weighted by molar-refractivity contribution is 7.18. The van der Waals surface area contributed by atoms with E-state index >= 15 is 0 Å².